The molecular weight excluding hydrogens is 251 g/mol. The first-order valence-electron chi connectivity index (χ1n) is 5.91. The van der Waals surface area contributed by atoms with E-state index in [1.807, 2.05) is 0 Å². The number of amides is 1. The van der Waals surface area contributed by atoms with Crippen LogP contribution in [0.3, 0.4) is 0 Å². The lowest BCUT2D eigenvalue weighted by Gasteiger charge is -2.16. The number of carbonyl (C=O) groups excluding carboxylic acids is 2. The molecule has 1 rings (SSSR count). The molecule has 0 saturated heterocycles. The minimum atomic E-state index is -0.930. The second kappa shape index (κ2) is 6.72. The Bertz CT molecular complexity index is 457. The van der Waals surface area contributed by atoms with Gasteiger partial charge in [-0.25, -0.2) is 4.39 Å². The van der Waals surface area contributed by atoms with Gasteiger partial charge in [-0.2, -0.15) is 0 Å². The molecule has 104 valence electrons. The molecule has 0 aliphatic rings. The molecule has 0 fully saturated rings. The van der Waals surface area contributed by atoms with Crippen LogP contribution < -0.4 is 11.1 Å². The maximum atomic E-state index is 13.2. The fourth-order valence-corrected chi connectivity index (χ4v) is 1.63. The third-order valence-electron chi connectivity index (χ3n) is 2.40. The highest BCUT2D eigenvalue weighted by Gasteiger charge is 2.20. The summed E-state index contributed by atoms with van der Waals surface area (Å²) in [7, 11) is 0. The predicted molar refractivity (Wildman–Crippen MR) is 69.0 cm³/mol. The van der Waals surface area contributed by atoms with Crippen molar-refractivity contribution in [1.82, 2.24) is 0 Å². The van der Waals surface area contributed by atoms with Crippen molar-refractivity contribution < 1.29 is 18.7 Å². The first kappa shape index (κ1) is 14.9. The van der Waals surface area contributed by atoms with Gasteiger partial charge in [0.25, 0.3) is 0 Å². The molecule has 5 nitrogen and oxygen atoms in total. The third kappa shape index (κ3) is 4.95. The van der Waals surface area contributed by atoms with Crippen molar-refractivity contribution in [3.63, 3.8) is 0 Å². The average molecular weight is 268 g/mol. The van der Waals surface area contributed by atoms with Crippen molar-refractivity contribution in [1.29, 1.82) is 0 Å². The average Bonchev–Trinajstić information content (AvgIpc) is 2.26. The zero-order chi connectivity index (χ0) is 14.4. The van der Waals surface area contributed by atoms with Crippen molar-refractivity contribution in [2.24, 2.45) is 5.73 Å². The summed E-state index contributed by atoms with van der Waals surface area (Å²) in [5, 5.41) is 2.73. The number of hydrogen-bond acceptors (Lipinski definition) is 4. The van der Waals surface area contributed by atoms with Gasteiger partial charge in [0.2, 0.25) is 5.91 Å². The molecule has 19 heavy (non-hydrogen) atoms. The Kier molecular flexibility index (Phi) is 5.29. The Hall–Kier alpha value is -2.11. The number of carbonyl (C=O) groups is 2. The number of primary amides is 1. The normalized spacial score (nSPS) is 11.7. The molecule has 1 aromatic rings. The fraction of sp³-hybridized carbons (Fsp3) is 0.385. The van der Waals surface area contributed by atoms with Crippen LogP contribution in [-0.2, 0) is 14.3 Å². The molecule has 3 N–H and O–H groups in total. The molecule has 1 aromatic carbocycles. The van der Waals surface area contributed by atoms with Crippen LogP contribution >= 0.6 is 0 Å². The Morgan fingerprint density at radius 1 is 1.42 bits per heavy atom. The number of nitrogens with one attached hydrogen (secondary N) is 1. The summed E-state index contributed by atoms with van der Waals surface area (Å²) in [6, 6.07) is 3.31. The first-order chi connectivity index (χ1) is 8.92. The number of ether oxygens (including phenoxy) is 1. The predicted octanol–water partition coefficient (Wildman–Crippen LogP) is 1.35. The quantitative estimate of drug-likeness (QED) is 0.763. The van der Waals surface area contributed by atoms with Gasteiger partial charge in [0.1, 0.15) is 11.9 Å². The highest BCUT2D eigenvalue weighted by molar-refractivity contribution is 5.87. The van der Waals surface area contributed by atoms with Gasteiger partial charge in [-0.3, -0.25) is 9.59 Å². The molecule has 0 saturated carbocycles. The molecule has 0 radical (unpaired) electrons. The summed E-state index contributed by atoms with van der Waals surface area (Å²) >= 11 is 0. The van der Waals surface area contributed by atoms with E-state index in [0.717, 1.165) is 0 Å². The number of aryl methyl sites for hydroxylation is 1. The lowest BCUT2D eigenvalue weighted by molar-refractivity contribution is -0.144. The van der Waals surface area contributed by atoms with Gasteiger partial charge in [-0.15, -0.1) is 0 Å². The number of halogens is 1. The lowest BCUT2D eigenvalue weighted by atomic mass is 10.1. The highest BCUT2D eigenvalue weighted by atomic mass is 19.1. The van der Waals surface area contributed by atoms with E-state index >= 15 is 0 Å². The molecule has 0 bridgehead atoms. The minimum absolute atomic E-state index is 0.196. The maximum Gasteiger partial charge on any atom is 0.308 e. The van der Waals surface area contributed by atoms with Crippen LogP contribution in [0.15, 0.2) is 18.2 Å². The van der Waals surface area contributed by atoms with E-state index in [2.05, 4.69) is 5.32 Å². The fourth-order valence-electron chi connectivity index (χ4n) is 1.63. The van der Waals surface area contributed by atoms with Crippen molar-refractivity contribution in [2.45, 2.75) is 26.3 Å². The van der Waals surface area contributed by atoms with E-state index in [9.17, 15) is 14.0 Å². The maximum absolute atomic E-state index is 13.2. The van der Waals surface area contributed by atoms with Gasteiger partial charge < -0.3 is 15.8 Å². The van der Waals surface area contributed by atoms with Crippen molar-refractivity contribution in [2.75, 3.05) is 11.9 Å². The Morgan fingerprint density at radius 3 is 2.63 bits per heavy atom. The number of esters is 1. The van der Waals surface area contributed by atoms with Crippen LogP contribution in [0.5, 0.6) is 0 Å². The monoisotopic (exact) mass is 268 g/mol. The molecule has 6 heteroatoms. The molecule has 1 unspecified atom stereocenters. The van der Waals surface area contributed by atoms with E-state index in [1.54, 1.807) is 19.9 Å². The van der Waals surface area contributed by atoms with Crippen molar-refractivity contribution in [3.8, 4) is 0 Å². The number of anilines is 1. The van der Waals surface area contributed by atoms with Crippen LogP contribution in [0.25, 0.3) is 0 Å². The van der Waals surface area contributed by atoms with Crippen molar-refractivity contribution in [3.05, 3.63) is 29.6 Å². The van der Waals surface area contributed by atoms with Gasteiger partial charge in [0.05, 0.1) is 13.0 Å². The van der Waals surface area contributed by atoms with Crippen LogP contribution in [0, 0.1) is 12.7 Å². The van der Waals surface area contributed by atoms with Crippen LogP contribution in [-0.4, -0.2) is 24.5 Å². The van der Waals surface area contributed by atoms with Gasteiger partial charge >= 0.3 is 5.97 Å². The zero-order valence-corrected chi connectivity index (χ0v) is 10.9. The van der Waals surface area contributed by atoms with Crippen LogP contribution in [0.1, 0.15) is 18.9 Å². The number of rotatable bonds is 6. The smallest absolute Gasteiger partial charge is 0.308 e. The van der Waals surface area contributed by atoms with Gasteiger partial charge in [-0.1, -0.05) is 0 Å². The molecular formula is C13H17FN2O3. The summed E-state index contributed by atoms with van der Waals surface area (Å²) < 4.78 is 18.0. The summed E-state index contributed by atoms with van der Waals surface area (Å²) in [6.45, 7) is 3.61. The zero-order valence-electron chi connectivity index (χ0n) is 10.9. The van der Waals surface area contributed by atoms with Gasteiger partial charge in [0, 0.05) is 5.69 Å². The standard InChI is InChI=1S/C13H17FN2O3/c1-3-19-12(17)7-11(13(15)18)16-10-5-8(2)4-9(14)6-10/h4-6,11,16H,3,7H2,1-2H3,(H2,15,18). The first-order valence-corrected chi connectivity index (χ1v) is 5.91. The molecule has 0 aliphatic carbocycles. The topological polar surface area (TPSA) is 81.4 Å². The van der Waals surface area contributed by atoms with Crippen LogP contribution in [0.4, 0.5) is 10.1 Å². The van der Waals surface area contributed by atoms with E-state index in [-0.39, 0.29) is 13.0 Å². The highest BCUT2D eigenvalue weighted by Crippen LogP contribution is 2.15. The van der Waals surface area contributed by atoms with Crippen LogP contribution in [0.2, 0.25) is 0 Å². The second-order valence-electron chi connectivity index (χ2n) is 4.13. The minimum Gasteiger partial charge on any atom is -0.466 e. The molecule has 1 amide bonds. The summed E-state index contributed by atoms with van der Waals surface area (Å²) in [6.07, 6.45) is -0.196. The number of nitrogens with two attached hydrogens (primary N) is 1. The van der Waals surface area contributed by atoms with E-state index in [4.69, 9.17) is 10.5 Å². The Balaban J connectivity index is 2.78. The third-order valence-corrected chi connectivity index (χ3v) is 2.40. The molecule has 0 heterocycles. The molecule has 1 atom stereocenters. The Labute approximate surface area is 110 Å². The van der Waals surface area contributed by atoms with Crippen molar-refractivity contribution >= 4 is 17.6 Å². The Morgan fingerprint density at radius 2 is 2.11 bits per heavy atom. The van der Waals surface area contributed by atoms with Gasteiger partial charge in [-0.05, 0) is 37.6 Å². The second-order valence-corrected chi connectivity index (χ2v) is 4.13. The van der Waals surface area contributed by atoms with E-state index in [0.29, 0.717) is 11.3 Å². The summed E-state index contributed by atoms with van der Waals surface area (Å²) in [4.78, 5) is 22.6. The lowest BCUT2D eigenvalue weighted by Crippen LogP contribution is -2.37. The molecule has 0 aromatic heterocycles. The number of benzene rings is 1. The SMILES string of the molecule is CCOC(=O)CC(Nc1cc(C)cc(F)c1)C(N)=O. The molecule has 0 spiro atoms. The van der Waals surface area contributed by atoms with Gasteiger partial charge in [0.15, 0.2) is 0 Å². The van der Waals surface area contributed by atoms with E-state index in [1.165, 1.54) is 12.1 Å². The van der Waals surface area contributed by atoms with E-state index < -0.39 is 23.7 Å². The number of hydrogen-bond donors (Lipinski definition) is 2. The largest absolute Gasteiger partial charge is 0.466 e. The molecule has 0 aliphatic heterocycles. The summed E-state index contributed by atoms with van der Waals surface area (Å²) in [5.41, 5.74) is 6.29. The summed E-state index contributed by atoms with van der Waals surface area (Å²) in [5.74, 6) is -1.66.